The molecule has 0 bridgehead atoms. The highest BCUT2D eigenvalue weighted by Gasteiger charge is 2.29. The maximum absolute atomic E-state index is 12.4. The first kappa shape index (κ1) is 16.1. The maximum atomic E-state index is 12.4. The van der Waals surface area contributed by atoms with Gasteiger partial charge in [0.25, 0.3) is 5.91 Å². The predicted octanol–water partition coefficient (Wildman–Crippen LogP) is 2.09. The lowest BCUT2D eigenvalue weighted by Crippen LogP contribution is -2.43. The first-order valence-corrected chi connectivity index (χ1v) is 7.54. The molecule has 6 heteroatoms. The lowest BCUT2D eigenvalue weighted by molar-refractivity contribution is 0.0892. The number of carbonyl (C=O) groups excluding carboxylic acids is 1. The van der Waals surface area contributed by atoms with Gasteiger partial charge in [0, 0.05) is 11.6 Å². The molecule has 0 spiro atoms. The van der Waals surface area contributed by atoms with Gasteiger partial charge in [0.15, 0.2) is 0 Å². The molecule has 0 aliphatic carbocycles. The Hall–Kier alpha value is -1.30. The number of hydrogen-bond donors (Lipinski definition) is 3. The van der Waals surface area contributed by atoms with Crippen molar-refractivity contribution in [2.45, 2.75) is 19.8 Å². The van der Waals surface area contributed by atoms with Crippen LogP contribution in [0.4, 0.5) is 5.69 Å². The molecule has 0 unspecified atom stereocenters. The fourth-order valence-corrected chi connectivity index (χ4v) is 2.73. The molecule has 2 rings (SSSR count). The molecule has 5 nitrogen and oxygen atoms in total. The summed E-state index contributed by atoms with van der Waals surface area (Å²) in [5.74, 6) is 5.29. The number of rotatable bonds is 4. The minimum absolute atomic E-state index is 0.148. The van der Waals surface area contributed by atoms with Crippen molar-refractivity contribution in [2.24, 2.45) is 11.3 Å². The van der Waals surface area contributed by atoms with E-state index >= 15 is 0 Å². The summed E-state index contributed by atoms with van der Waals surface area (Å²) >= 11 is 5.96. The van der Waals surface area contributed by atoms with Gasteiger partial charge in [-0.2, -0.15) is 0 Å². The van der Waals surface area contributed by atoms with Gasteiger partial charge in [0.05, 0.1) is 11.3 Å². The van der Waals surface area contributed by atoms with Crippen LogP contribution in [0.15, 0.2) is 18.2 Å². The van der Waals surface area contributed by atoms with Crippen LogP contribution in [-0.4, -0.2) is 37.5 Å². The summed E-state index contributed by atoms with van der Waals surface area (Å²) in [4.78, 5) is 14.7. The Balaban J connectivity index is 2.00. The monoisotopic (exact) mass is 310 g/mol. The number of nitrogen functional groups attached to an aromatic ring is 1. The van der Waals surface area contributed by atoms with Crippen LogP contribution in [0.5, 0.6) is 0 Å². The van der Waals surface area contributed by atoms with Crippen LogP contribution in [0, 0.1) is 5.41 Å². The molecule has 1 aromatic rings. The molecule has 4 N–H and O–H groups in total. The lowest BCUT2D eigenvalue weighted by atomic mass is 9.80. The Bertz CT molecular complexity index is 512. The molecule has 0 saturated carbocycles. The molecule has 1 aliphatic heterocycles. The van der Waals surface area contributed by atoms with E-state index in [1.807, 2.05) is 0 Å². The predicted molar refractivity (Wildman–Crippen MR) is 86.4 cm³/mol. The number of likely N-dealkylation sites (tertiary alicyclic amines) is 1. The summed E-state index contributed by atoms with van der Waals surface area (Å²) in [7, 11) is 2.13. The summed E-state index contributed by atoms with van der Waals surface area (Å²) in [6, 6.07) is 5.03. The van der Waals surface area contributed by atoms with E-state index in [4.69, 9.17) is 17.4 Å². The number of nitrogens with two attached hydrogens (primary N) is 1. The standard InChI is InChI=1S/C15H23ClN4O/c1-15(5-7-20(2)8-6-15)10-18-14(21)12-9-11(16)3-4-13(12)19-17/h3-4,9,19H,5-8,10,17H2,1-2H3,(H,18,21). The number of halogens is 1. The van der Waals surface area contributed by atoms with Gasteiger partial charge >= 0.3 is 0 Å². The van der Waals surface area contributed by atoms with Crippen molar-refractivity contribution < 1.29 is 4.79 Å². The van der Waals surface area contributed by atoms with Crippen molar-refractivity contribution in [3.05, 3.63) is 28.8 Å². The lowest BCUT2D eigenvalue weighted by Gasteiger charge is -2.38. The summed E-state index contributed by atoms with van der Waals surface area (Å²) in [5, 5.41) is 3.53. The molecule has 0 radical (unpaired) electrons. The quantitative estimate of drug-likeness (QED) is 0.588. The molecule has 1 heterocycles. The molecule has 116 valence electrons. The average Bonchev–Trinajstić information content (AvgIpc) is 2.48. The molecule has 21 heavy (non-hydrogen) atoms. The normalized spacial score (nSPS) is 18.3. The summed E-state index contributed by atoms with van der Waals surface area (Å²) in [6.45, 7) is 5.02. The second kappa shape index (κ2) is 6.64. The van der Waals surface area contributed by atoms with Crippen LogP contribution in [0.3, 0.4) is 0 Å². The highest BCUT2D eigenvalue weighted by molar-refractivity contribution is 6.31. The second-order valence-electron chi connectivity index (χ2n) is 6.13. The van der Waals surface area contributed by atoms with Gasteiger partial charge in [-0.05, 0) is 56.6 Å². The van der Waals surface area contributed by atoms with E-state index in [0.717, 1.165) is 25.9 Å². The minimum atomic E-state index is -0.148. The van der Waals surface area contributed by atoms with Gasteiger partial charge in [-0.15, -0.1) is 0 Å². The summed E-state index contributed by atoms with van der Waals surface area (Å²) in [6.07, 6.45) is 2.17. The van der Waals surface area contributed by atoms with Crippen molar-refractivity contribution in [3.8, 4) is 0 Å². The van der Waals surface area contributed by atoms with E-state index in [0.29, 0.717) is 22.8 Å². The third-order valence-corrected chi connectivity index (χ3v) is 4.49. The van der Waals surface area contributed by atoms with Crippen LogP contribution in [0.1, 0.15) is 30.1 Å². The van der Waals surface area contributed by atoms with Crippen LogP contribution in [0.25, 0.3) is 0 Å². The number of anilines is 1. The number of hydrazine groups is 1. The van der Waals surface area contributed by atoms with Crippen molar-refractivity contribution >= 4 is 23.2 Å². The fraction of sp³-hybridized carbons (Fsp3) is 0.533. The SMILES string of the molecule is CN1CCC(C)(CNC(=O)c2cc(Cl)ccc2NN)CC1. The molecule has 1 fully saturated rings. The number of benzene rings is 1. The molecule has 1 aromatic carbocycles. The number of nitrogens with one attached hydrogen (secondary N) is 2. The van der Waals surface area contributed by atoms with Crippen LogP contribution in [-0.2, 0) is 0 Å². The van der Waals surface area contributed by atoms with Crippen molar-refractivity contribution in [2.75, 3.05) is 32.1 Å². The van der Waals surface area contributed by atoms with Gasteiger partial charge in [0.1, 0.15) is 0 Å². The van der Waals surface area contributed by atoms with Gasteiger partial charge in [0.2, 0.25) is 0 Å². The van der Waals surface area contributed by atoms with Gasteiger partial charge in [-0.3, -0.25) is 10.6 Å². The zero-order valence-corrected chi connectivity index (χ0v) is 13.3. The van der Waals surface area contributed by atoms with Gasteiger partial charge in [-0.1, -0.05) is 18.5 Å². The first-order valence-electron chi connectivity index (χ1n) is 7.16. The highest BCUT2D eigenvalue weighted by Crippen LogP contribution is 2.29. The number of carbonyl (C=O) groups is 1. The Morgan fingerprint density at radius 2 is 2.10 bits per heavy atom. The zero-order valence-electron chi connectivity index (χ0n) is 12.6. The number of amides is 1. The van der Waals surface area contributed by atoms with E-state index in [1.165, 1.54) is 0 Å². The fourth-order valence-electron chi connectivity index (χ4n) is 2.55. The number of piperidine rings is 1. The van der Waals surface area contributed by atoms with Crippen LogP contribution >= 0.6 is 11.6 Å². The third-order valence-electron chi connectivity index (χ3n) is 4.25. The maximum Gasteiger partial charge on any atom is 0.253 e. The van der Waals surface area contributed by atoms with E-state index in [1.54, 1.807) is 18.2 Å². The van der Waals surface area contributed by atoms with Gasteiger partial charge in [-0.25, -0.2) is 0 Å². The summed E-state index contributed by atoms with van der Waals surface area (Å²) < 4.78 is 0. The molecule has 1 amide bonds. The van der Waals surface area contributed by atoms with Crippen molar-refractivity contribution in [1.29, 1.82) is 0 Å². The number of nitrogens with zero attached hydrogens (tertiary/aromatic N) is 1. The van der Waals surface area contributed by atoms with E-state index in [2.05, 4.69) is 29.6 Å². The van der Waals surface area contributed by atoms with Crippen molar-refractivity contribution in [1.82, 2.24) is 10.2 Å². The third kappa shape index (κ3) is 4.09. The molecule has 1 saturated heterocycles. The number of hydrogen-bond acceptors (Lipinski definition) is 4. The molecular formula is C15H23ClN4O. The van der Waals surface area contributed by atoms with E-state index < -0.39 is 0 Å². The van der Waals surface area contributed by atoms with E-state index in [9.17, 15) is 4.79 Å². The Labute approximate surface area is 130 Å². The minimum Gasteiger partial charge on any atom is -0.351 e. The Morgan fingerprint density at radius 1 is 1.43 bits per heavy atom. The van der Waals surface area contributed by atoms with Crippen LogP contribution in [0.2, 0.25) is 5.02 Å². The average molecular weight is 311 g/mol. The molecule has 0 atom stereocenters. The molecule has 0 aromatic heterocycles. The Kier molecular flexibility index (Phi) is 5.08. The molecule has 1 aliphatic rings. The Morgan fingerprint density at radius 3 is 2.71 bits per heavy atom. The smallest absolute Gasteiger partial charge is 0.253 e. The largest absolute Gasteiger partial charge is 0.351 e. The summed E-state index contributed by atoms with van der Waals surface area (Å²) in [5.41, 5.74) is 3.73. The zero-order chi connectivity index (χ0) is 15.5. The molecular weight excluding hydrogens is 288 g/mol. The topological polar surface area (TPSA) is 70.4 Å². The van der Waals surface area contributed by atoms with Crippen LogP contribution < -0.4 is 16.6 Å². The first-order chi connectivity index (χ1) is 9.93. The van der Waals surface area contributed by atoms with Gasteiger partial charge < -0.3 is 15.6 Å². The second-order valence-corrected chi connectivity index (χ2v) is 6.57. The highest BCUT2D eigenvalue weighted by atomic mass is 35.5. The van der Waals surface area contributed by atoms with Crippen molar-refractivity contribution in [3.63, 3.8) is 0 Å². The van der Waals surface area contributed by atoms with E-state index in [-0.39, 0.29) is 11.3 Å².